The first-order valence-corrected chi connectivity index (χ1v) is 5.72. The Morgan fingerprint density at radius 1 is 1.30 bits per heavy atom. The monoisotopic (exact) mass is 286 g/mol. The van der Waals surface area contributed by atoms with Crippen molar-refractivity contribution in [2.45, 2.75) is 6.18 Å². The van der Waals surface area contributed by atoms with Crippen molar-refractivity contribution in [2.75, 3.05) is 19.7 Å². The molecule has 0 aliphatic heterocycles. The Morgan fingerprint density at radius 2 is 2.05 bits per heavy atom. The van der Waals surface area contributed by atoms with Crippen molar-refractivity contribution in [1.29, 1.82) is 0 Å². The van der Waals surface area contributed by atoms with E-state index in [0.717, 1.165) is 12.1 Å². The number of carbonyl (C=O) groups is 1. The average molecular weight is 286 g/mol. The molecule has 7 heteroatoms. The van der Waals surface area contributed by atoms with Crippen molar-refractivity contribution in [3.8, 4) is 11.8 Å². The predicted octanol–water partition coefficient (Wildman–Crippen LogP) is 1.35. The van der Waals surface area contributed by atoms with Crippen LogP contribution < -0.4 is 10.6 Å². The molecule has 3 N–H and O–H groups in total. The van der Waals surface area contributed by atoms with Crippen LogP contribution in [-0.2, 0) is 6.18 Å². The lowest BCUT2D eigenvalue weighted by molar-refractivity contribution is -0.137. The molecule has 108 valence electrons. The summed E-state index contributed by atoms with van der Waals surface area (Å²) in [5.41, 5.74) is -0.546. The van der Waals surface area contributed by atoms with Gasteiger partial charge in [-0.2, -0.15) is 13.2 Å². The summed E-state index contributed by atoms with van der Waals surface area (Å²) in [6.07, 6.45) is -4.40. The van der Waals surface area contributed by atoms with Gasteiger partial charge in [-0.15, -0.1) is 0 Å². The van der Waals surface area contributed by atoms with Gasteiger partial charge in [0.15, 0.2) is 0 Å². The molecule has 0 fully saturated rings. The number of carbonyl (C=O) groups excluding carboxylic acids is 1. The van der Waals surface area contributed by atoms with Crippen molar-refractivity contribution in [3.63, 3.8) is 0 Å². The highest BCUT2D eigenvalue weighted by Gasteiger charge is 2.30. The zero-order chi connectivity index (χ0) is 15.0. The van der Waals surface area contributed by atoms with E-state index in [1.807, 2.05) is 0 Å². The molecule has 2 amide bonds. The van der Waals surface area contributed by atoms with Gasteiger partial charge >= 0.3 is 12.2 Å². The predicted molar refractivity (Wildman–Crippen MR) is 66.8 cm³/mol. The molecule has 0 bridgehead atoms. The van der Waals surface area contributed by atoms with E-state index in [9.17, 15) is 18.0 Å². The van der Waals surface area contributed by atoms with E-state index in [1.165, 1.54) is 12.1 Å². The van der Waals surface area contributed by atoms with Crippen molar-refractivity contribution >= 4 is 6.03 Å². The zero-order valence-corrected chi connectivity index (χ0v) is 10.4. The second-order valence-electron chi connectivity index (χ2n) is 3.71. The van der Waals surface area contributed by atoms with Gasteiger partial charge in [-0.05, 0) is 18.2 Å². The van der Waals surface area contributed by atoms with Gasteiger partial charge in [0.05, 0.1) is 18.7 Å². The van der Waals surface area contributed by atoms with Crippen molar-refractivity contribution in [3.05, 3.63) is 35.4 Å². The number of hydrogen-bond acceptors (Lipinski definition) is 2. The topological polar surface area (TPSA) is 61.4 Å². The van der Waals surface area contributed by atoms with E-state index < -0.39 is 17.8 Å². The summed E-state index contributed by atoms with van der Waals surface area (Å²) >= 11 is 0. The van der Waals surface area contributed by atoms with Crippen LogP contribution >= 0.6 is 0 Å². The van der Waals surface area contributed by atoms with Crippen LogP contribution in [-0.4, -0.2) is 30.8 Å². The standard InChI is InChI=1S/C13H13F3N2O2/c14-13(15,16)11-5-1-3-10(9-11)4-2-6-17-12(20)18-7-8-19/h1,3,5,9,19H,6-8H2,(H2,17,18,20). The number of nitrogens with one attached hydrogen (secondary N) is 2. The van der Waals surface area contributed by atoms with Gasteiger partial charge in [0.1, 0.15) is 0 Å². The van der Waals surface area contributed by atoms with Crippen LogP contribution in [0.2, 0.25) is 0 Å². The number of rotatable bonds is 3. The molecule has 0 heterocycles. The zero-order valence-electron chi connectivity index (χ0n) is 10.4. The second kappa shape index (κ2) is 7.40. The molecule has 0 radical (unpaired) electrons. The van der Waals surface area contributed by atoms with Crippen LogP contribution in [0, 0.1) is 11.8 Å². The molecule has 0 aliphatic carbocycles. The summed E-state index contributed by atoms with van der Waals surface area (Å²) in [6.45, 7) is -0.0657. The summed E-state index contributed by atoms with van der Waals surface area (Å²) in [5, 5.41) is 13.2. The molecule has 20 heavy (non-hydrogen) atoms. The molecule has 0 spiro atoms. The summed E-state index contributed by atoms with van der Waals surface area (Å²) < 4.78 is 37.3. The number of halogens is 3. The molecule has 0 saturated heterocycles. The fourth-order valence-electron chi connectivity index (χ4n) is 1.28. The van der Waals surface area contributed by atoms with Crippen molar-refractivity contribution in [2.24, 2.45) is 0 Å². The number of urea groups is 1. The second-order valence-corrected chi connectivity index (χ2v) is 3.71. The Morgan fingerprint density at radius 3 is 2.70 bits per heavy atom. The van der Waals surface area contributed by atoms with Crippen LogP contribution in [0.4, 0.5) is 18.0 Å². The Hall–Kier alpha value is -2.20. The van der Waals surface area contributed by atoms with Crippen LogP contribution in [0.15, 0.2) is 24.3 Å². The summed E-state index contributed by atoms with van der Waals surface area (Å²) in [5.74, 6) is 5.06. The van der Waals surface area contributed by atoms with Gasteiger partial charge in [-0.3, -0.25) is 0 Å². The maximum Gasteiger partial charge on any atom is 0.416 e. The first-order chi connectivity index (χ1) is 9.43. The van der Waals surface area contributed by atoms with E-state index in [2.05, 4.69) is 22.5 Å². The first kappa shape index (κ1) is 15.9. The largest absolute Gasteiger partial charge is 0.416 e. The Kier molecular flexibility index (Phi) is 5.87. The van der Waals surface area contributed by atoms with Crippen LogP contribution in [0.3, 0.4) is 0 Å². The number of hydrogen-bond donors (Lipinski definition) is 3. The number of amides is 2. The summed E-state index contributed by atoms with van der Waals surface area (Å²) in [7, 11) is 0. The molecular formula is C13H13F3N2O2. The highest BCUT2D eigenvalue weighted by molar-refractivity contribution is 5.74. The molecule has 0 atom stereocenters. The van der Waals surface area contributed by atoms with E-state index >= 15 is 0 Å². The molecule has 0 saturated carbocycles. The minimum atomic E-state index is -4.40. The lowest BCUT2D eigenvalue weighted by Crippen LogP contribution is -2.37. The highest BCUT2D eigenvalue weighted by Crippen LogP contribution is 2.29. The van der Waals surface area contributed by atoms with E-state index in [4.69, 9.17) is 5.11 Å². The maximum absolute atomic E-state index is 12.4. The SMILES string of the molecule is O=C(NCC#Cc1cccc(C(F)(F)F)c1)NCCO. The van der Waals surface area contributed by atoms with E-state index in [1.54, 1.807) is 0 Å². The molecule has 1 rings (SSSR count). The van der Waals surface area contributed by atoms with Crippen molar-refractivity contribution < 1.29 is 23.1 Å². The molecule has 1 aromatic carbocycles. The van der Waals surface area contributed by atoms with E-state index in [-0.39, 0.29) is 25.3 Å². The van der Waals surface area contributed by atoms with Gasteiger partial charge in [-0.25, -0.2) is 4.79 Å². The van der Waals surface area contributed by atoms with Crippen LogP contribution in [0.25, 0.3) is 0 Å². The normalized spacial score (nSPS) is 10.4. The quantitative estimate of drug-likeness (QED) is 0.735. The van der Waals surface area contributed by atoms with Gasteiger partial charge in [0, 0.05) is 12.1 Å². The van der Waals surface area contributed by atoms with Gasteiger partial charge in [0.25, 0.3) is 0 Å². The molecule has 1 aromatic rings. The minimum absolute atomic E-state index is 0.00644. The third kappa shape index (κ3) is 5.63. The molecule has 0 aliphatic rings. The van der Waals surface area contributed by atoms with Gasteiger partial charge in [0.2, 0.25) is 0 Å². The summed E-state index contributed by atoms with van der Waals surface area (Å²) in [6, 6.07) is 4.13. The number of benzene rings is 1. The van der Waals surface area contributed by atoms with Crippen molar-refractivity contribution in [1.82, 2.24) is 10.6 Å². The lowest BCUT2D eigenvalue weighted by atomic mass is 10.1. The molecule has 4 nitrogen and oxygen atoms in total. The fourth-order valence-corrected chi connectivity index (χ4v) is 1.28. The third-order valence-electron chi connectivity index (χ3n) is 2.16. The molecule has 0 unspecified atom stereocenters. The summed E-state index contributed by atoms with van der Waals surface area (Å²) in [4.78, 5) is 11.0. The highest BCUT2D eigenvalue weighted by atomic mass is 19.4. The minimum Gasteiger partial charge on any atom is -0.395 e. The lowest BCUT2D eigenvalue weighted by Gasteiger charge is -2.05. The van der Waals surface area contributed by atoms with E-state index in [0.29, 0.717) is 0 Å². The molecular weight excluding hydrogens is 273 g/mol. The van der Waals surface area contributed by atoms with Gasteiger partial charge < -0.3 is 15.7 Å². The average Bonchev–Trinajstić information content (AvgIpc) is 2.41. The number of alkyl halides is 3. The third-order valence-corrected chi connectivity index (χ3v) is 2.16. The Labute approximate surface area is 114 Å². The Bertz CT molecular complexity index is 518. The number of aliphatic hydroxyl groups is 1. The first-order valence-electron chi connectivity index (χ1n) is 5.72. The number of aliphatic hydroxyl groups excluding tert-OH is 1. The van der Waals surface area contributed by atoms with Crippen LogP contribution in [0.5, 0.6) is 0 Å². The van der Waals surface area contributed by atoms with Crippen LogP contribution in [0.1, 0.15) is 11.1 Å². The Balaban J connectivity index is 2.54. The van der Waals surface area contributed by atoms with Gasteiger partial charge in [-0.1, -0.05) is 17.9 Å². The molecule has 0 aromatic heterocycles. The maximum atomic E-state index is 12.4. The smallest absolute Gasteiger partial charge is 0.395 e. The fraction of sp³-hybridized carbons (Fsp3) is 0.308.